The monoisotopic (exact) mass is 232 g/mol. The Balaban J connectivity index is 2.14. The molecule has 0 spiro atoms. The molecule has 1 N–H and O–H groups in total. The van der Waals surface area contributed by atoms with Gasteiger partial charge < -0.3 is 5.11 Å². The Bertz CT molecular complexity index is 409. The van der Waals surface area contributed by atoms with E-state index in [1.807, 2.05) is 6.92 Å². The van der Waals surface area contributed by atoms with Crippen LogP contribution in [0.1, 0.15) is 42.9 Å². The summed E-state index contributed by atoms with van der Waals surface area (Å²) in [6.45, 7) is 1.94. The zero-order valence-corrected chi connectivity index (χ0v) is 10.4. The molecule has 2 nitrogen and oxygen atoms in total. The van der Waals surface area contributed by atoms with Gasteiger partial charge in [-0.2, -0.15) is 0 Å². The van der Waals surface area contributed by atoms with Gasteiger partial charge in [-0.3, -0.25) is 4.79 Å². The lowest BCUT2D eigenvalue weighted by Crippen LogP contribution is -2.15. The Labute approximate surface area is 103 Å². The van der Waals surface area contributed by atoms with Crippen LogP contribution in [0, 0.1) is 5.92 Å². The molecule has 1 unspecified atom stereocenters. The second-order valence-corrected chi connectivity index (χ2v) is 4.96. The van der Waals surface area contributed by atoms with E-state index >= 15 is 0 Å². The highest BCUT2D eigenvalue weighted by Gasteiger charge is 2.16. The maximum absolute atomic E-state index is 11.0. The molecule has 0 heterocycles. The molecule has 0 aromatic heterocycles. The van der Waals surface area contributed by atoms with E-state index < -0.39 is 5.97 Å². The lowest BCUT2D eigenvalue weighted by molar-refractivity contribution is -0.141. The highest BCUT2D eigenvalue weighted by Crippen LogP contribution is 2.23. The minimum absolute atomic E-state index is 0.239. The van der Waals surface area contributed by atoms with Crippen molar-refractivity contribution in [1.29, 1.82) is 0 Å². The van der Waals surface area contributed by atoms with E-state index in [1.54, 1.807) is 0 Å². The Morgan fingerprint density at radius 1 is 1.29 bits per heavy atom. The van der Waals surface area contributed by atoms with Crippen molar-refractivity contribution in [3.05, 3.63) is 34.9 Å². The Morgan fingerprint density at radius 3 is 2.65 bits per heavy atom. The van der Waals surface area contributed by atoms with Gasteiger partial charge in [-0.05, 0) is 55.2 Å². The van der Waals surface area contributed by atoms with Crippen molar-refractivity contribution >= 4 is 5.97 Å². The number of hydrogen-bond acceptors (Lipinski definition) is 1. The smallest absolute Gasteiger partial charge is 0.306 e. The average molecular weight is 232 g/mol. The SMILES string of the molecule is CCC(Cc1ccc2c(c1)CCCC2)C(=O)O. The maximum atomic E-state index is 11.0. The van der Waals surface area contributed by atoms with Crippen LogP contribution in [0.25, 0.3) is 0 Å². The zero-order chi connectivity index (χ0) is 12.3. The third-order valence-corrected chi connectivity index (χ3v) is 3.74. The Kier molecular flexibility index (Phi) is 3.82. The molecule has 2 heteroatoms. The van der Waals surface area contributed by atoms with Gasteiger partial charge in [0.1, 0.15) is 0 Å². The molecule has 1 aromatic carbocycles. The van der Waals surface area contributed by atoms with Crippen LogP contribution in [0.4, 0.5) is 0 Å². The van der Waals surface area contributed by atoms with Crippen molar-refractivity contribution in [2.24, 2.45) is 5.92 Å². The summed E-state index contributed by atoms with van der Waals surface area (Å²) in [5, 5.41) is 9.07. The molecule has 1 atom stereocenters. The molecule has 0 aliphatic heterocycles. The van der Waals surface area contributed by atoms with E-state index in [4.69, 9.17) is 5.11 Å². The summed E-state index contributed by atoms with van der Waals surface area (Å²) in [5.41, 5.74) is 4.08. The first-order valence-corrected chi connectivity index (χ1v) is 6.54. The van der Waals surface area contributed by atoms with Crippen molar-refractivity contribution in [2.45, 2.75) is 45.4 Å². The summed E-state index contributed by atoms with van der Waals surface area (Å²) < 4.78 is 0. The predicted octanol–water partition coefficient (Wildman–Crippen LogP) is 3.22. The summed E-state index contributed by atoms with van der Waals surface area (Å²) in [4.78, 5) is 11.0. The number of rotatable bonds is 4. The van der Waals surface area contributed by atoms with Crippen LogP contribution in [0.5, 0.6) is 0 Å². The third-order valence-electron chi connectivity index (χ3n) is 3.74. The lowest BCUT2D eigenvalue weighted by atomic mass is 9.88. The van der Waals surface area contributed by atoms with E-state index in [0.29, 0.717) is 12.8 Å². The molecule has 2 rings (SSSR count). The summed E-state index contributed by atoms with van der Waals surface area (Å²) in [6.07, 6.45) is 6.27. The van der Waals surface area contributed by atoms with Gasteiger partial charge in [0.15, 0.2) is 0 Å². The van der Waals surface area contributed by atoms with Crippen molar-refractivity contribution in [1.82, 2.24) is 0 Å². The van der Waals surface area contributed by atoms with Gasteiger partial charge in [0.2, 0.25) is 0 Å². The minimum Gasteiger partial charge on any atom is -0.481 e. The fourth-order valence-corrected chi connectivity index (χ4v) is 2.60. The molecule has 92 valence electrons. The Hall–Kier alpha value is -1.31. The molecule has 0 saturated carbocycles. The van der Waals surface area contributed by atoms with Crippen LogP contribution in [-0.2, 0) is 24.1 Å². The van der Waals surface area contributed by atoms with Gasteiger partial charge in [-0.25, -0.2) is 0 Å². The average Bonchev–Trinajstić information content (AvgIpc) is 2.35. The largest absolute Gasteiger partial charge is 0.481 e. The van der Waals surface area contributed by atoms with E-state index in [0.717, 1.165) is 6.42 Å². The van der Waals surface area contributed by atoms with Crippen LogP contribution >= 0.6 is 0 Å². The van der Waals surface area contributed by atoms with Crippen LogP contribution in [-0.4, -0.2) is 11.1 Å². The van der Waals surface area contributed by atoms with E-state index in [-0.39, 0.29) is 5.92 Å². The molecule has 1 aliphatic rings. The summed E-state index contributed by atoms with van der Waals surface area (Å²) in [7, 11) is 0. The summed E-state index contributed by atoms with van der Waals surface area (Å²) in [5.74, 6) is -0.915. The number of carbonyl (C=O) groups is 1. The summed E-state index contributed by atoms with van der Waals surface area (Å²) >= 11 is 0. The second kappa shape index (κ2) is 5.35. The van der Waals surface area contributed by atoms with Crippen LogP contribution in [0.3, 0.4) is 0 Å². The maximum Gasteiger partial charge on any atom is 0.306 e. The number of carboxylic acid groups (broad SMARTS) is 1. The summed E-state index contributed by atoms with van der Waals surface area (Å²) in [6, 6.07) is 6.52. The molecule has 1 aromatic rings. The molecule has 0 radical (unpaired) electrons. The fourth-order valence-electron chi connectivity index (χ4n) is 2.60. The highest BCUT2D eigenvalue weighted by atomic mass is 16.4. The van der Waals surface area contributed by atoms with Crippen molar-refractivity contribution < 1.29 is 9.90 Å². The van der Waals surface area contributed by atoms with Crippen LogP contribution in [0.2, 0.25) is 0 Å². The van der Waals surface area contributed by atoms with Gasteiger partial charge in [0.25, 0.3) is 0 Å². The van der Waals surface area contributed by atoms with Crippen molar-refractivity contribution in [3.8, 4) is 0 Å². The molecule has 0 saturated heterocycles. The van der Waals surface area contributed by atoms with Crippen LogP contribution < -0.4 is 0 Å². The zero-order valence-electron chi connectivity index (χ0n) is 10.4. The standard InChI is InChI=1S/C15H20O2/c1-2-12(15(16)17)9-11-7-8-13-5-3-4-6-14(13)10-11/h7-8,10,12H,2-6,9H2,1H3,(H,16,17). The second-order valence-electron chi connectivity index (χ2n) is 4.96. The number of hydrogen-bond donors (Lipinski definition) is 1. The molecule has 17 heavy (non-hydrogen) atoms. The van der Waals surface area contributed by atoms with E-state index in [2.05, 4.69) is 18.2 Å². The van der Waals surface area contributed by atoms with Gasteiger partial charge in [0.05, 0.1) is 5.92 Å². The van der Waals surface area contributed by atoms with Crippen molar-refractivity contribution in [2.75, 3.05) is 0 Å². The minimum atomic E-state index is -0.676. The molecule has 0 bridgehead atoms. The van der Waals surface area contributed by atoms with Gasteiger partial charge in [-0.1, -0.05) is 25.1 Å². The molecular formula is C15H20O2. The number of benzene rings is 1. The first kappa shape index (κ1) is 12.2. The molecule has 0 amide bonds. The fraction of sp³-hybridized carbons (Fsp3) is 0.533. The van der Waals surface area contributed by atoms with Gasteiger partial charge in [0, 0.05) is 0 Å². The Morgan fingerprint density at radius 2 is 2.00 bits per heavy atom. The van der Waals surface area contributed by atoms with Crippen molar-refractivity contribution in [3.63, 3.8) is 0 Å². The van der Waals surface area contributed by atoms with E-state index in [1.165, 1.54) is 36.0 Å². The number of aryl methyl sites for hydroxylation is 2. The topological polar surface area (TPSA) is 37.3 Å². The normalized spacial score (nSPS) is 16.3. The highest BCUT2D eigenvalue weighted by molar-refractivity contribution is 5.70. The number of aliphatic carboxylic acids is 1. The van der Waals surface area contributed by atoms with Crippen LogP contribution in [0.15, 0.2) is 18.2 Å². The van der Waals surface area contributed by atoms with E-state index in [9.17, 15) is 4.79 Å². The van der Waals surface area contributed by atoms with Gasteiger partial charge in [-0.15, -0.1) is 0 Å². The molecule has 1 aliphatic carbocycles. The quantitative estimate of drug-likeness (QED) is 0.865. The molecule has 0 fully saturated rings. The first-order chi connectivity index (χ1) is 8.20. The third kappa shape index (κ3) is 2.87. The number of carboxylic acids is 1. The first-order valence-electron chi connectivity index (χ1n) is 6.54. The number of fused-ring (bicyclic) bond motifs is 1. The molecular weight excluding hydrogens is 212 g/mol. The lowest BCUT2D eigenvalue weighted by Gasteiger charge is -2.17. The predicted molar refractivity (Wildman–Crippen MR) is 68.2 cm³/mol. The van der Waals surface area contributed by atoms with Gasteiger partial charge >= 0.3 is 5.97 Å².